The first-order valence-corrected chi connectivity index (χ1v) is 5.13. The molecule has 1 saturated heterocycles. The van der Waals surface area contributed by atoms with Crippen LogP contribution in [0, 0.1) is 11.8 Å². The molecule has 5 heteroatoms. The number of amides is 1. The number of nitrogens with zero attached hydrogens (tertiary/aromatic N) is 2. The highest BCUT2D eigenvalue weighted by atomic mass is 16.1. The third-order valence-electron chi connectivity index (χ3n) is 3.21. The number of rotatable bonds is 2. The molecule has 0 aromatic carbocycles. The van der Waals surface area contributed by atoms with Crippen LogP contribution in [0.25, 0.3) is 0 Å². The number of fused-ring (bicyclic) bond motifs is 1. The molecule has 0 bridgehead atoms. The fraction of sp³-hybridized carbons (Fsp3) is 0.500. The van der Waals surface area contributed by atoms with Gasteiger partial charge in [0.2, 0.25) is 0 Å². The zero-order valence-corrected chi connectivity index (χ0v) is 8.18. The van der Waals surface area contributed by atoms with E-state index in [1.807, 2.05) is 0 Å². The molecule has 2 fully saturated rings. The van der Waals surface area contributed by atoms with Gasteiger partial charge >= 0.3 is 0 Å². The van der Waals surface area contributed by atoms with Crippen LogP contribution in [0.4, 0.5) is 0 Å². The van der Waals surface area contributed by atoms with E-state index in [9.17, 15) is 4.79 Å². The highest BCUT2D eigenvalue weighted by molar-refractivity contribution is 5.94. The van der Waals surface area contributed by atoms with Crippen LogP contribution < -0.4 is 10.6 Å². The summed E-state index contributed by atoms with van der Waals surface area (Å²) in [5.41, 5.74) is 0.537. The lowest BCUT2D eigenvalue weighted by molar-refractivity contribution is 0.0946. The van der Waals surface area contributed by atoms with E-state index in [0.717, 1.165) is 13.1 Å². The van der Waals surface area contributed by atoms with Gasteiger partial charge in [-0.25, -0.2) is 9.97 Å². The Balaban J connectivity index is 1.63. The van der Waals surface area contributed by atoms with E-state index in [4.69, 9.17) is 0 Å². The predicted molar refractivity (Wildman–Crippen MR) is 53.1 cm³/mol. The Hall–Kier alpha value is -1.49. The molecule has 2 N–H and O–H groups in total. The number of carbonyl (C=O) groups excluding carboxylic acids is 1. The fourth-order valence-corrected chi connectivity index (χ4v) is 2.28. The number of piperidine rings is 1. The van der Waals surface area contributed by atoms with Gasteiger partial charge in [-0.2, -0.15) is 0 Å². The second-order valence-corrected chi connectivity index (χ2v) is 4.11. The molecule has 78 valence electrons. The van der Waals surface area contributed by atoms with Crippen molar-refractivity contribution in [1.82, 2.24) is 20.6 Å². The predicted octanol–water partition coefficient (Wildman–Crippen LogP) is -0.576. The molecular weight excluding hydrogens is 192 g/mol. The van der Waals surface area contributed by atoms with Gasteiger partial charge in [0, 0.05) is 31.5 Å². The lowest BCUT2D eigenvalue weighted by Gasteiger charge is -2.06. The Bertz CT molecular complexity index is 370. The van der Waals surface area contributed by atoms with E-state index in [2.05, 4.69) is 20.6 Å². The van der Waals surface area contributed by atoms with Crippen LogP contribution in [-0.4, -0.2) is 35.0 Å². The Kier molecular flexibility index (Phi) is 1.92. The Morgan fingerprint density at radius 1 is 1.33 bits per heavy atom. The van der Waals surface area contributed by atoms with E-state index < -0.39 is 0 Å². The molecule has 2 aliphatic rings. The van der Waals surface area contributed by atoms with Crippen molar-refractivity contribution < 1.29 is 4.79 Å². The summed E-state index contributed by atoms with van der Waals surface area (Å²) in [6.07, 6.45) is 4.50. The monoisotopic (exact) mass is 204 g/mol. The Morgan fingerprint density at radius 3 is 2.67 bits per heavy atom. The molecule has 1 aliphatic heterocycles. The molecule has 0 radical (unpaired) electrons. The summed E-state index contributed by atoms with van der Waals surface area (Å²) < 4.78 is 0. The molecule has 2 atom stereocenters. The van der Waals surface area contributed by atoms with Gasteiger partial charge in [-0.15, -0.1) is 0 Å². The van der Waals surface area contributed by atoms with Gasteiger partial charge in [0.25, 0.3) is 5.91 Å². The molecular formula is C10H12N4O. The van der Waals surface area contributed by atoms with Crippen molar-refractivity contribution in [2.45, 2.75) is 6.04 Å². The topological polar surface area (TPSA) is 66.9 Å². The third-order valence-corrected chi connectivity index (χ3v) is 3.21. The fourth-order valence-electron chi connectivity index (χ4n) is 2.28. The Labute approximate surface area is 87.3 Å². The van der Waals surface area contributed by atoms with Crippen LogP contribution in [0.15, 0.2) is 18.7 Å². The minimum Gasteiger partial charge on any atom is -0.349 e. The van der Waals surface area contributed by atoms with Crippen LogP contribution >= 0.6 is 0 Å². The number of nitrogens with one attached hydrogen (secondary N) is 2. The zero-order valence-electron chi connectivity index (χ0n) is 8.18. The maximum Gasteiger partial charge on any atom is 0.254 e. The van der Waals surface area contributed by atoms with Crippen LogP contribution in [0.3, 0.4) is 0 Å². The summed E-state index contributed by atoms with van der Waals surface area (Å²) in [5, 5.41) is 6.30. The van der Waals surface area contributed by atoms with Gasteiger partial charge in [0.15, 0.2) is 0 Å². The summed E-state index contributed by atoms with van der Waals surface area (Å²) >= 11 is 0. The van der Waals surface area contributed by atoms with Crippen LogP contribution in [0.2, 0.25) is 0 Å². The van der Waals surface area contributed by atoms with Gasteiger partial charge in [-0.1, -0.05) is 0 Å². The molecule has 3 rings (SSSR count). The van der Waals surface area contributed by atoms with Crippen molar-refractivity contribution in [3.63, 3.8) is 0 Å². The average Bonchev–Trinajstić information content (AvgIpc) is 2.75. The average molecular weight is 204 g/mol. The van der Waals surface area contributed by atoms with E-state index in [1.54, 1.807) is 12.4 Å². The third kappa shape index (κ3) is 1.48. The van der Waals surface area contributed by atoms with Gasteiger partial charge < -0.3 is 10.6 Å². The van der Waals surface area contributed by atoms with Crippen molar-refractivity contribution >= 4 is 5.91 Å². The SMILES string of the molecule is O=C(NC1C2CNCC21)c1cncnc1. The lowest BCUT2D eigenvalue weighted by Crippen LogP contribution is -2.32. The molecule has 1 aliphatic carbocycles. The first kappa shape index (κ1) is 8.79. The molecule has 5 nitrogen and oxygen atoms in total. The van der Waals surface area contributed by atoms with Crippen molar-refractivity contribution in [3.05, 3.63) is 24.3 Å². The van der Waals surface area contributed by atoms with Crippen LogP contribution in [0.1, 0.15) is 10.4 Å². The van der Waals surface area contributed by atoms with E-state index in [-0.39, 0.29) is 5.91 Å². The highest BCUT2D eigenvalue weighted by Crippen LogP contribution is 2.41. The van der Waals surface area contributed by atoms with Crippen molar-refractivity contribution in [1.29, 1.82) is 0 Å². The summed E-state index contributed by atoms with van der Waals surface area (Å²) in [7, 11) is 0. The Morgan fingerprint density at radius 2 is 2.00 bits per heavy atom. The van der Waals surface area contributed by atoms with E-state index in [0.29, 0.717) is 23.4 Å². The van der Waals surface area contributed by atoms with E-state index in [1.165, 1.54) is 6.33 Å². The van der Waals surface area contributed by atoms with Gasteiger partial charge in [0.1, 0.15) is 6.33 Å². The molecule has 2 unspecified atom stereocenters. The quantitative estimate of drug-likeness (QED) is 0.676. The normalized spacial score (nSPS) is 32.1. The second-order valence-electron chi connectivity index (χ2n) is 4.11. The maximum atomic E-state index is 11.7. The number of carbonyl (C=O) groups is 1. The largest absolute Gasteiger partial charge is 0.349 e. The molecule has 15 heavy (non-hydrogen) atoms. The number of hydrogen-bond donors (Lipinski definition) is 2. The number of hydrogen-bond acceptors (Lipinski definition) is 4. The molecule has 1 aromatic heterocycles. The smallest absolute Gasteiger partial charge is 0.254 e. The minimum atomic E-state index is -0.0602. The molecule has 1 saturated carbocycles. The summed E-state index contributed by atoms with van der Waals surface area (Å²) in [4.78, 5) is 19.4. The van der Waals surface area contributed by atoms with Gasteiger partial charge in [-0.3, -0.25) is 4.79 Å². The second kappa shape index (κ2) is 3.27. The molecule has 0 spiro atoms. The standard InChI is InChI=1S/C10H12N4O/c15-10(6-1-12-5-13-2-6)14-9-7-3-11-4-8(7)9/h1-2,5,7-9,11H,3-4H2,(H,14,15). The lowest BCUT2D eigenvalue weighted by atomic mass is 10.3. The summed E-state index contributed by atoms with van der Waals surface area (Å²) in [6, 6.07) is 0.360. The first-order valence-electron chi connectivity index (χ1n) is 5.13. The highest BCUT2D eigenvalue weighted by Gasteiger charge is 2.53. The summed E-state index contributed by atoms with van der Waals surface area (Å²) in [5.74, 6) is 1.21. The van der Waals surface area contributed by atoms with Gasteiger partial charge in [0.05, 0.1) is 5.56 Å². The molecule has 1 amide bonds. The van der Waals surface area contributed by atoms with Crippen LogP contribution in [-0.2, 0) is 0 Å². The maximum absolute atomic E-state index is 11.7. The molecule has 1 aromatic rings. The van der Waals surface area contributed by atoms with Crippen LogP contribution in [0.5, 0.6) is 0 Å². The number of aromatic nitrogens is 2. The van der Waals surface area contributed by atoms with Crippen molar-refractivity contribution in [3.8, 4) is 0 Å². The first-order chi connectivity index (χ1) is 7.36. The summed E-state index contributed by atoms with van der Waals surface area (Å²) in [6.45, 7) is 2.06. The van der Waals surface area contributed by atoms with Gasteiger partial charge in [-0.05, 0) is 11.8 Å². The zero-order chi connectivity index (χ0) is 10.3. The van der Waals surface area contributed by atoms with Crippen molar-refractivity contribution in [2.24, 2.45) is 11.8 Å². The van der Waals surface area contributed by atoms with E-state index >= 15 is 0 Å². The molecule has 2 heterocycles. The van der Waals surface area contributed by atoms with Crippen molar-refractivity contribution in [2.75, 3.05) is 13.1 Å². The minimum absolute atomic E-state index is 0.0602.